The first-order valence-electron chi connectivity index (χ1n) is 8.37. The number of nitrogens with zero attached hydrogens (tertiary/aromatic N) is 1. The smallest absolute Gasteiger partial charge is 0.228 e. The minimum Gasteiger partial charge on any atom is -0.327 e. The lowest BCUT2D eigenvalue weighted by atomic mass is 9.99. The first-order valence-corrected chi connectivity index (χ1v) is 8.37. The Balaban J connectivity index is 1.46. The summed E-state index contributed by atoms with van der Waals surface area (Å²) in [6.07, 6.45) is 3.54. The van der Waals surface area contributed by atoms with Gasteiger partial charge in [0.25, 0.3) is 0 Å². The van der Waals surface area contributed by atoms with E-state index in [1.165, 1.54) is 24.0 Å². The van der Waals surface area contributed by atoms with Crippen molar-refractivity contribution in [2.45, 2.75) is 37.1 Å². The van der Waals surface area contributed by atoms with Crippen LogP contribution in [-0.2, 0) is 16.6 Å². The second-order valence-electron chi connectivity index (χ2n) is 6.93. The van der Waals surface area contributed by atoms with Crippen molar-refractivity contribution in [2.24, 2.45) is 5.73 Å². The van der Waals surface area contributed by atoms with Crippen molar-refractivity contribution < 1.29 is 4.79 Å². The van der Waals surface area contributed by atoms with Gasteiger partial charge in [0.15, 0.2) is 0 Å². The average Bonchev–Trinajstić information content (AvgIpc) is 3.26. The van der Waals surface area contributed by atoms with Crippen LogP contribution in [0.5, 0.6) is 0 Å². The van der Waals surface area contributed by atoms with Crippen LogP contribution in [0.4, 0.5) is 5.69 Å². The highest BCUT2D eigenvalue weighted by Crippen LogP contribution is 2.56. The molecule has 1 spiro atoms. The predicted molar refractivity (Wildman–Crippen MR) is 92.4 cm³/mol. The molecule has 3 heteroatoms. The molecule has 0 saturated heterocycles. The van der Waals surface area contributed by atoms with Crippen molar-refractivity contribution in [1.29, 1.82) is 0 Å². The van der Waals surface area contributed by atoms with Gasteiger partial charge >= 0.3 is 0 Å². The number of anilines is 1. The van der Waals surface area contributed by atoms with Gasteiger partial charge in [-0.2, -0.15) is 0 Å². The molecule has 2 aromatic rings. The molecule has 1 aliphatic heterocycles. The van der Waals surface area contributed by atoms with Crippen LogP contribution in [0.15, 0.2) is 54.6 Å². The summed E-state index contributed by atoms with van der Waals surface area (Å²) >= 11 is 0. The zero-order chi connectivity index (χ0) is 15.9. The van der Waals surface area contributed by atoms with Crippen molar-refractivity contribution in [3.8, 4) is 0 Å². The lowest BCUT2D eigenvalue weighted by molar-refractivity contribution is -0.118. The third kappa shape index (κ3) is 2.66. The molecule has 1 saturated carbocycles. The highest BCUT2D eigenvalue weighted by atomic mass is 16.2. The molecule has 23 heavy (non-hydrogen) atoms. The largest absolute Gasteiger partial charge is 0.327 e. The Kier molecular flexibility index (Phi) is 3.46. The predicted octanol–water partition coefficient (Wildman–Crippen LogP) is 3.02. The summed E-state index contributed by atoms with van der Waals surface area (Å²) in [6.45, 7) is 0.837. The summed E-state index contributed by atoms with van der Waals surface area (Å²) in [4.78, 5) is 14.7. The van der Waals surface area contributed by atoms with Crippen molar-refractivity contribution in [3.05, 3.63) is 65.7 Å². The molecule has 2 aromatic carbocycles. The molecule has 4 rings (SSSR count). The molecule has 0 bridgehead atoms. The monoisotopic (exact) mass is 306 g/mol. The number of carbonyl (C=O) groups excluding carboxylic acids is 1. The zero-order valence-corrected chi connectivity index (χ0v) is 13.2. The molecular formula is C20H22N2O. The lowest BCUT2D eigenvalue weighted by Crippen LogP contribution is -2.37. The molecular weight excluding hydrogens is 284 g/mol. The van der Waals surface area contributed by atoms with Crippen LogP contribution in [0.25, 0.3) is 0 Å². The summed E-state index contributed by atoms with van der Waals surface area (Å²) in [6, 6.07) is 18.4. The normalized spacial score (nSPS) is 18.7. The van der Waals surface area contributed by atoms with E-state index in [4.69, 9.17) is 5.73 Å². The van der Waals surface area contributed by atoms with Crippen LogP contribution in [0.2, 0.25) is 0 Å². The molecule has 0 radical (unpaired) electrons. The maximum absolute atomic E-state index is 12.8. The molecule has 1 aliphatic carbocycles. The van der Waals surface area contributed by atoms with Crippen LogP contribution < -0.4 is 10.6 Å². The van der Waals surface area contributed by atoms with Gasteiger partial charge in [-0.25, -0.2) is 0 Å². The number of hydrogen-bond acceptors (Lipinski definition) is 2. The highest BCUT2D eigenvalue weighted by Gasteiger charge is 2.52. The summed E-state index contributed by atoms with van der Waals surface area (Å²) in [7, 11) is 0. The second kappa shape index (κ2) is 5.50. The molecule has 2 aliphatic rings. The van der Waals surface area contributed by atoms with Gasteiger partial charge in [-0.05, 0) is 36.5 Å². The summed E-state index contributed by atoms with van der Waals surface area (Å²) in [5.41, 5.74) is 10.1. The van der Waals surface area contributed by atoms with E-state index in [0.29, 0.717) is 6.42 Å². The summed E-state index contributed by atoms with van der Waals surface area (Å²) in [5, 5.41) is 0. The number of nitrogens with two attached hydrogens (primary N) is 1. The third-order valence-electron chi connectivity index (χ3n) is 5.16. The van der Waals surface area contributed by atoms with E-state index in [2.05, 4.69) is 30.3 Å². The fraction of sp³-hybridized carbons (Fsp3) is 0.350. The number of para-hydroxylation sites is 1. The SMILES string of the molecule is N[C@H](CC(=O)N1CC2(CC2)c2ccccc21)Cc1ccccc1. The second-order valence-corrected chi connectivity index (χ2v) is 6.93. The lowest BCUT2D eigenvalue weighted by Gasteiger charge is -2.20. The number of benzene rings is 2. The molecule has 1 atom stereocenters. The molecule has 118 valence electrons. The highest BCUT2D eigenvalue weighted by molar-refractivity contribution is 5.97. The van der Waals surface area contributed by atoms with Crippen LogP contribution in [-0.4, -0.2) is 18.5 Å². The van der Waals surface area contributed by atoms with E-state index in [1.807, 2.05) is 29.2 Å². The van der Waals surface area contributed by atoms with Gasteiger partial charge in [0, 0.05) is 30.1 Å². The maximum Gasteiger partial charge on any atom is 0.228 e. The fourth-order valence-electron chi connectivity index (χ4n) is 3.75. The first-order chi connectivity index (χ1) is 11.2. The quantitative estimate of drug-likeness (QED) is 0.944. The van der Waals surface area contributed by atoms with E-state index in [1.54, 1.807) is 0 Å². The van der Waals surface area contributed by atoms with E-state index >= 15 is 0 Å². The van der Waals surface area contributed by atoms with Gasteiger partial charge in [-0.1, -0.05) is 48.5 Å². The van der Waals surface area contributed by atoms with Crippen molar-refractivity contribution in [3.63, 3.8) is 0 Å². The number of rotatable bonds is 4. The van der Waals surface area contributed by atoms with Gasteiger partial charge in [-0.3, -0.25) is 4.79 Å². The Morgan fingerprint density at radius 2 is 1.78 bits per heavy atom. The van der Waals surface area contributed by atoms with Crippen molar-refractivity contribution in [2.75, 3.05) is 11.4 Å². The van der Waals surface area contributed by atoms with Crippen molar-refractivity contribution >= 4 is 11.6 Å². The molecule has 2 N–H and O–H groups in total. The minimum absolute atomic E-state index is 0.132. The summed E-state index contributed by atoms with van der Waals surface area (Å²) < 4.78 is 0. The van der Waals surface area contributed by atoms with Gasteiger partial charge in [0.05, 0.1) is 0 Å². The standard InChI is InChI=1S/C20H22N2O/c21-16(12-15-6-2-1-3-7-15)13-19(23)22-14-20(10-11-20)17-8-4-5-9-18(17)22/h1-9,16H,10-14,21H2/t16-/m0/s1. The van der Waals surface area contributed by atoms with Gasteiger partial charge in [-0.15, -0.1) is 0 Å². The van der Waals surface area contributed by atoms with Crippen LogP contribution in [0.1, 0.15) is 30.4 Å². The number of carbonyl (C=O) groups is 1. The van der Waals surface area contributed by atoms with E-state index in [0.717, 1.165) is 18.7 Å². The molecule has 0 unspecified atom stereocenters. The Bertz CT molecular complexity index is 721. The van der Waals surface area contributed by atoms with Crippen LogP contribution in [0.3, 0.4) is 0 Å². The number of fused-ring (bicyclic) bond motifs is 2. The summed E-state index contributed by atoms with van der Waals surface area (Å²) in [5.74, 6) is 0.157. The third-order valence-corrected chi connectivity index (χ3v) is 5.16. The average molecular weight is 306 g/mol. The fourth-order valence-corrected chi connectivity index (χ4v) is 3.75. The molecule has 1 amide bonds. The number of amides is 1. The topological polar surface area (TPSA) is 46.3 Å². The van der Waals surface area contributed by atoms with Gasteiger partial charge in [0.2, 0.25) is 5.91 Å². The van der Waals surface area contributed by atoms with Gasteiger partial charge < -0.3 is 10.6 Å². The number of hydrogen-bond donors (Lipinski definition) is 1. The van der Waals surface area contributed by atoms with E-state index in [-0.39, 0.29) is 17.4 Å². The van der Waals surface area contributed by atoms with E-state index in [9.17, 15) is 4.79 Å². The minimum atomic E-state index is -0.132. The van der Waals surface area contributed by atoms with E-state index < -0.39 is 0 Å². The molecule has 1 fully saturated rings. The Morgan fingerprint density at radius 3 is 2.52 bits per heavy atom. The Labute approximate surface area is 137 Å². The maximum atomic E-state index is 12.8. The van der Waals surface area contributed by atoms with Crippen LogP contribution >= 0.6 is 0 Å². The zero-order valence-electron chi connectivity index (χ0n) is 13.2. The van der Waals surface area contributed by atoms with Crippen molar-refractivity contribution in [1.82, 2.24) is 0 Å². The Hall–Kier alpha value is -2.13. The van der Waals surface area contributed by atoms with Crippen LogP contribution in [0, 0.1) is 0 Å². The molecule has 1 heterocycles. The van der Waals surface area contributed by atoms with Gasteiger partial charge in [0.1, 0.15) is 0 Å². The molecule has 3 nitrogen and oxygen atoms in total. The first kappa shape index (κ1) is 14.5. The molecule has 0 aromatic heterocycles. The Morgan fingerprint density at radius 1 is 1.09 bits per heavy atom.